The highest BCUT2D eigenvalue weighted by Gasteiger charge is 2.28. The van der Waals surface area contributed by atoms with Gasteiger partial charge in [-0.15, -0.1) is 0 Å². The molecule has 1 heterocycles. The molecule has 28 heavy (non-hydrogen) atoms. The van der Waals surface area contributed by atoms with Gasteiger partial charge in [0.1, 0.15) is 0 Å². The van der Waals surface area contributed by atoms with Crippen molar-refractivity contribution >= 4 is 27.8 Å². The molecule has 1 fully saturated rings. The van der Waals surface area contributed by atoms with E-state index in [1.807, 2.05) is 36.1 Å². The number of halogens is 1. The fourth-order valence-electron chi connectivity index (χ4n) is 3.65. The Morgan fingerprint density at radius 1 is 1.07 bits per heavy atom. The van der Waals surface area contributed by atoms with Crippen molar-refractivity contribution in [3.05, 3.63) is 69.7 Å². The molecule has 0 aromatic heterocycles. The number of aryl methyl sites for hydroxylation is 1. The van der Waals surface area contributed by atoms with Gasteiger partial charge in [-0.05, 0) is 37.1 Å². The smallest absolute Gasteiger partial charge is 0.303 e. The Balaban J connectivity index is 1.68. The predicted molar refractivity (Wildman–Crippen MR) is 112 cm³/mol. The summed E-state index contributed by atoms with van der Waals surface area (Å²) < 4.78 is 0.894. The highest BCUT2D eigenvalue weighted by molar-refractivity contribution is 9.10. The number of amides is 1. The number of carbonyl (C=O) groups excluding carboxylic acids is 1. The first kappa shape index (κ1) is 20.6. The number of carbonyl (C=O) groups is 2. The molecule has 0 saturated carbocycles. The summed E-state index contributed by atoms with van der Waals surface area (Å²) in [5, 5.41) is 9.14. The predicted octanol–water partition coefficient (Wildman–Crippen LogP) is 4.12. The third-order valence-corrected chi connectivity index (χ3v) is 5.70. The Morgan fingerprint density at radius 2 is 1.75 bits per heavy atom. The van der Waals surface area contributed by atoms with Crippen LogP contribution in [0.15, 0.2) is 53.0 Å². The number of benzene rings is 2. The van der Waals surface area contributed by atoms with Gasteiger partial charge in [0.25, 0.3) is 5.91 Å². The summed E-state index contributed by atoms with van der Waals surface area (Å²) in [6, 6.07) is 15.8. The second-order valence-corrected chi connectivity index (χ2v) is 8.11. The summed E-state index contributed by atoms with van der Waals surface area (Å²) in [6.07, 6.45) is 0.702. The van der Waals surface area contributed by atoms with Crippen molar-refractivity contribution < 1.29 is 14.7 Å². The molecule has 6 heteroatoms. The van der Waals surface area contributed by atoms with E-state index in [2.05, 4.69) is 45.1 Å². The van der Waals surface area contributed by atoms with E-state index in [0.717, 1.165) is 23.1 Å². The molecule has 1 saturated heterocycles. The number of piperazine rings is 1. The first-order valence-electron chi connectivity index (χ1n) is 9.51. The van der Waals surface area contributed by atoms with Crippen molar-refractivity contribution in [3.8, 4) is 0 Å². The molecule has 0 unspecified atom stereocenters. The Kier molecular flexibility index (Phi) is 6.86. The summed E-state index contributed by atoms with van der Waals surface area (Å²) in [4.78, 5) is 28.1. The summed E-state index contributed by atoms with van der Waals surface area (Å²) in [7, 11) is 0. The fraction of sp³-hybridized carbons (Fsp3) is 0.364. The normalized spacial score (nSPS) is 16.0. The highest BCUT2D eigenvalue weighted by atomic mass is 79.9. The number of aliphatic carboxylic acids is 1. The van der Waals surface area contributed by atoms with Gasteiger partial charge in [0.05, 0.1) is 0 Å². The lowest BCUT2D eigenvalue weighted by Crippen LogP contribution is -2.49. The zero-order chi connectivity index (χ0) is 20.1. The van der Waals surface area contributed by atoms with E-state index >= 15 is 0 Å². The lowest BCUT2D eigenvalue weighted by atomic mass is 9.98. The van der Waals surface area contributed by atoms with E-state index in [1.54, 1.807) is 0 Å². The summed E-state index contributed by atoms with van der Waals surface area (Å²) in [5.74, 6) is -0.737. The standard InChI is InChI=1S/C22H25BrN2O3/c1-16-5-7-17(8-6-16)20(9-10-21(26)27)24-11-13-25(14-12-24)22(28)18-3-2-4-19(23)15-18/h2-8,15,20H,9-14H2,1H3,(H,26,27)/t20-/m1/s1. The van der Waals surface area contributed by atoms with Gasteiger partial charge in [0.15, 0.2) is 0 Å². The van der Waals surface area contributed by atoms with Gasteiger partial charge in [-0.1, -0.05) is 51.8 Å². The lowest BCUT2D eigenvalue weighted by molar-refractivity contribution is -0.137. The van der Waals surface area contributed by atoms with E-state index in [4.69, 9.17) is 5.11 Å². The number of hydrogen-bond donors (Lipinski definition) is 1. The van der Waals surface area contributed by atoms with Crippen molar-refractivity contribution in [2.24, 2.45) is 0 Å². The number of rotatable bonds is 6. The first-order chi connectivity index (χ1) is 13.4. The molecular formula is C22H25BrN2O3. The van der Waals surface area contributed by atoms with Crippen LogP contribution in [-0.4, -0.2) is 53.0 Å². The number of nitrogens with zero attached hydrogens (tertiary/aromatic N) is 2. The average molecular weight is 445 g/mol. The fourth-order valence-corrected chi connectivity index (χ4v) is 4.05. The molecular weight excluding hydrogens is 420 g/mol. The quantitative estimate of drug-likeness (QED) is 0.727. The molecule has 5 nitrogen and oxygen atoms in total. The molecule has 0 bridgehead atoms. The number of hydrogen-bond acceptors (Lipinski definition) is 3. The van der Waals surface area contributed by atoms with E-state index in [0.29, 0.717) is 25.1 Å². The topological polar surface area (TPSA) is 60.9 Å². The van der Waals surface area contributed by atoms with Crippen LogP contribution >= 0.6 is 15.9 Å². The molecule has 1 N–H and O–H groups in total. The maximum absolute atomic E-state index is 12.8. The third kappa shape index (κ3) is 5.20. The van der Waals surface area contributed by atoms with Crippen LogP contribution < -0.4 is 0 Å². The monoisotopic (exact) mass is 444 g/mol. The van der Waals surface area contributed by atoms with Gasteiger partial charge >= 0.3 is 5.97 Å². The third-order valence-electron chi connectivity index (χ3n) is 5.21. The molecule has 1 amide bonds. The zero-order valence-corrected chi connectivity index (χ0v) is 17.6. The molecule has 1 atom stereocenters. The van der Waals surface area contributed by atoms with Crippen LogP contribution in [-0.2, 0) is 4.79 Å². The molecule has 148 valence electrons. The Morgan fingerprint density at radius 3 is 2.36 bits per heavy atom. The van der Waals surface area contributed by atoms with E-state index in [-0.39, 0.29) is 18.4 Å². The molecule has 1 aliphatic rings. The second-order valence-electron chi connectivity index (χ2n) is 7.20. The van der Waals surface area contributed by atoms with Crippen molar-refractivity contribution in [1.82, 2.24) is 9.80 Å². The average Bonchev–Trinajstić information content (AvgIpc) is 2.69. The van der Waals surface area contributed by atoms with Gasteiger partial charge in [-0.3, -0.25) is 14.5 Å². The van der Waals surface area contributed by atoms with Crippen LogP contribution in [0, 0.1) is 6.92 Å². The second kappa shape index (κ2) is 9.34. The van der Waals surface area contributed by atoms with Crippen LogP contribution in [0.4, 0.5) is 0 Å². The van der Waals surface area contributed by atoms with Gasteiger partial charge in [-0.2, -0.15) is 0 Å². The lowest BCUT2D eigenvalue weighted by Gasteiger charge is -2.39. The number of carboxylic acids is 1. The van der Waals surface area contributed by atoms with Crippen LogP contribution in [0.25, 0.3) is 0 Å². The summed E-state index contributed by atoms with van der Waals surface area (Å²) >= 11 is 3.42. The van der Waals surface area contributed by atoms with Crippen molar-refractivity contribution in [2.75, 3.05) is 26.2 Å². The molecule has 0 aliphatic carbocycles. The summed E-state index contributed by atoms with van der Waals surface area (Å²) in [6.45, 7) is 4.79. The van der Waals surface area contributed by atoms with Crippen molar-refractivity contribution in [3.63, 3.8) is 0 Å². The van der Waals surface area contributed by atoms with E-state index in [1.165, 1.54) is 5.56 Å². The van der Waals surface area contributed by atoms with E-state index < -0.39 is 5.97 Å². The molecule has 1 aliphatic heterocycles. The van der Waals surface area contributed by atoms with Gasteiger partial charge in [0, 0.05) is 48.7 Å². The molecule has 3 rings (SSSR count). The Bertz CT molecular complexity index is 830. The molecule has 2 aromatic carbocycles. The van der Waals surface area contributed by atoms with Gasteiger partial charge in [0.2, 0.25) is 0 Å². The minimum absolute atomic E-state index is 0.0402. The van der Waals surface area contributed by atoms with Crippen LogP contribution in [0.5, 0.6) is 0 Å². The molecule has 0 radical (unpaired) electrons. The SMILES string of the molecule is Cc1ccc([C@@H](CCC(=O)O)N2CCN(C(=O)c3cccc(Br)c3)CC2)cc1. The van der Waals surface area contributed by atoms with E-state index in [9.17, 15) is 9.59 Å². The molecule has 2 aromatic rings. The van der Waals surface area contributed by atoms with Gasteiger partial charge < -0.3 is 10.0 Å². The van der Waals surface area contributed by atoms with Crippen LogP contribution in [0.1, 0.15) is 40.4 Å². The first-order valence-corrected chi connectivity index (χ1v) is 10.3. The van der Waals surface area contributed by atoms with Crippen LogP contribution in [0.3, 0.4) is 0 Å². The maximum atomic E-state index is 12.8. The van der Waals surface area contributed by atoms with Crippen molar-refractivity contribution in [1.29, 1.82) is 0 Å². The van der Waals surface area contributed by atoms with Crippen LogP contribution in [0.2, 0.25) is 0 Å². The highest BCUT2D eigenvalue weighted by Crippen LogP contribution is 2.27. The minimum Gasteiger partial charge on any atom is -0.481 e. The Hall–Kier alpha value is -2.18. The minimum atomic E-state index is -0.777. The van der Waals surface area contributed by atoms with Crippen molar-refractivity contribution in [2.45, 2.75) is 25.8 Å². The molecule has 0 spiro atoms. The summed E-state index contributed by atoms with van der Waals surface area (Å²) in [5.41, 5.74) is 3.01. The maximum Gasteiger partial charge on any atom is 0.303 e. The Labute approximate surface area is 174 Å². The zero-order valence-electron chi connectivity index (χ0n) is 16.0. The van der Waals surface area contributed by atoms with Gasteiger partial charge in [-0.25, -0.2) is 0 Å². The number of carboxylic acid groups (broad SMARTS) is 1. The largest absolute Gasteiger partial charge is 0.481 e.